The molecule has 0 unspecified atom stereocenters. The van der Waals surface area contributed by atoms with E-state index >= 15 is 0 Å². The quantitative estimate of drug-likeness (QED) is 0.168. The summed E-state index contributed by atoms with van der Waals surface area (Å²) >= 11 is 1.87. The minimum absolute atomic E-state index is 0.914. The van der Waals surface area contributed by atoms with Gasteiger partial charge in [0.15, 0.2) is 0 Å². The van der Waals surface area contributed by atoms with Crippen molar-refractivity contribution in [1.29, 1.82) is 0 Å². The number of nitrogens with zero attached hydrogens (tertiary/aromatic N) is 3. The largest absolute Gasteiger partial charge is 0.309 e. The van der Waals surface area contributed by atoms with Crippen LogP contribution in [0.2, 0.25) is 0 Å². The lowest BCUT2D eigenvalue weighted by Gasteiger charge is -2.11. The summed E-state index contributed by atoms with van der Waals surface area (Å²) in [6.45, 7) is 0. The van der Waals surface area contributed by atoms with Crippen LogP contribution in [0, 0.1) is 0 Å². The molecule has 4 heteroatoms. The van der Waals surface area contributed by atoms with Crippen molar-refractivity contribution in [1.82, 2.24) is 14.1 Å². The minimum atomic E-state index is 0.914. The normalized spacial score (nSPS) is 12.2. The number of hydrogen-bond donors (Lipinski definition) is 0. The van der Waals surface area contributed by atoms with E-state index in [0.29, 0.717) is 0 Å². The molecule has 0 amide bonds. The number of rotatable bonds is 4. The summed E-state index contributed by atoms with van der Waals surface area (Å²) in [4.78, 5) is 5.51. The molecule has 12 aromatic rings. The van der Waals surface area contributed by atoms with Crippen molar-refractivity contribution in [3.05, 3.63) is 176 Å². The zero-order valence-corrected chi connectivity index (χ0v) is 29.3. The Bertz CT molecular complexity index is 3390. The van der Waals surface area contributed by atoms with Gasteiger partial charge in [-0.25, -0.2) is 4.98 Å². The van der Waals surface area contributed by atoms with Gasteiger partial charge in [0.25, 0.3) is 0 Å². The topological polar surface area (TPSA) is 22.8 Å². The lowest BCUT2D eigenvalue weighted by Crippen LogP contribution is -1.99. The van der Waals surface area contributed by atoms with Crippen LogP contribution in [0.5, 0.6) is 0 Å². The maximum atomic E-state index is 5.51. The van der Waals surface area contributed by atoms with E-state index in [1.165, 1.54) is 80.2 Å². The molecule has 0 spiro atoms. The summed E-state index contributed by atoms with van der Waals surface area (Å²) < 4.78 is 7.38. The van der Waals surface area contributed by atoms with Gasteiger partial charge in [-0.15, -0.1) is 11.3 Å². The molecule has 4 heterocycles. The van der Waals surface area contributed by atoms with Gasteiger partial charge < -0.3 is 4.57 Å². The Morgan fingerprint density at radius 1 is 0.396 bits per heavy atom. The Hall–Kier alpha value is -6.75. The van der Waals surface area contributed by atoms with E-state index in [9.17, 15) is 0 Å². The van der Waals surface area contributed by atoms with E-state index in [1.807, 2.05) is 11.3 Å². The van der Waals surface area contributed by atoms with Crippen molar-refractivity contribution in [2.24, 2.45) is 0 Å². The van der Waals surface area contributed by atoms with E-state index in [-0.39, 0.29) is 0 Å². The zero-order chi connectivity index (χ0) is 34.6. The van der Waals surface area contributed by atoms with Crippen LogP contribution in [0.15, 0.2) is 176 Å². The molecule has 3 nitrogen and oxygen atoms in total. The molecule has 53 heavy (non-hydrogen) atoms. The standard InChI is InChI=1S/C49H29N3S/c1-3-13-30(14-4-1)33-19-10-20-34-35-21-11-22-36(49(35)53-48(33)34)39-23-12-26-44(50-39)52-41-25-9-15-31-27-28-38-46-37-18-7-8-24-40(37)51(32-16-5-2-6-17-32)42(46)29-43(52)47(38)45(31)41/h1-29H. The minimum Gasteiger partial charge on any atom is -0.309 e. The summed E-state index contributed by atoms with van der Waals surface area (Å²) in [5.41, 5.74) is 10.5. The lowest BCUT2D eigenvalue weighted by molar-refractivity contribution is 1.08. The Morgan fingerprint density at radius 2 is 1.06 bits per heavy atom. The molecule has 0 atom stereocenters. The highest BCUT2D eigenvalue weighted by Gasteiger charge is 2.23. The highest BCUT2D eigenvalue weighted by molar-refractivity contribution is 7.26. The van der Waals surface area contributed by atoms with E-state index in [1.54, 1.807) is 0 Å². The first-order valence-electron chi connectivity index (χ1n) is 18.1. The molecule has 246 valence electrons. The van der Waals surface area contributed by atoms with Gasteiger partial charge in [-0.05, 0) is 64.4 Å². The van der Waals surface area contributed by atoms with E-state index in [0.717, 1.165) is 28.3 Å². The van der Waals surface area contributed by atoms with E-state index in [4.69, 9.17) is 4.98 Å². The predicted molar refractivity (Wildman–Crippen MR) is 225 cm³/mol. The second-order valence-corrected chi connectivity index (χ2v) is 14.9. The van der Waals surface area contributed by atoms with Crippen molar-refractivity contribution >= 4 is 85.9 Å². The first kappa shape index (κ1) is 28.9. The molecule has 0 fully saturated rings. The second-order valence-electron chi connectivity index (χ2n) is 13.9. The van der Waals surface area contributed by atoms with E-state index in [2.05, 4.69) is 185 Å². The number of hydrogen-bond acceptors (Lipinski definition) is 2. The van der Waals surface area contributed by atoms with Gasteiger partial charge >= 0.3 is 0 Å². The highest BCUT2D eigenvalue weighted by atomic mass is 32.1. The fraction of sp³-hybridized carbons (Fsp3) is 0. The lowest BCUT2D eigenvalue weighted by atomic mass is 9.98. The maximum Gasteiger partial charge on any atom is 0.138 e. The fourth-order valence-corrected chi connectivity index (χ4v) is 10.2. The van der Waals surface area contributed by atoms with Crippen LogP contribution < -0.4 is 0 Å². The Balaban J connectivity index is 1.14. The number of benzene rings is 8. The van der Waals surface area contributed by atoms with Crippen LogP contribution in [-0.2, 0) is 0 Å². The molecular formula is C49H29N3S. The van der Waals surface area contributed by atoms with Crippen molar-refractivity contribution in [2.45, 2.75) is 0 Å². The van der Waals surface area contributed by atoms with Crippen molar-refractivity contribution < 1.29 is 0 Å². The summed E-state index contributed by atoms with van der Waals surface area (Å²) in [7, 11) is 0. The van der Waals surface area contributed by atoms with Gasteiger partial charge in [0.2, 0.25) is 0 Å². The van der Waals surface area contributed by atoms with Crippen LogP contribution in [0.3, 0.4) is 0 Å². The fourth-order valence-electron chi connectivity index (χ4n) is 8.87. The molecule has 0 aliphatic rings. The molecule has 0 N–H and O–H groups in total. The van der Waals surface area contributed by atoms with Gasteiger partial charge in [-0.3, -0.25) is 4.57 Å². The molecule has 12 rings (SSSR count). The molecule has 0 aliphatic carbocycles. The van der Waals surface area contributed by atoms with E-state index < -0.39 is 0 Å². The summed E-state index contributed by atoms with van der Waals surface area (Å²) in [5.74, 6) is 0.914. The predicted octanol–water partition coefficient (Wildman–Crippen LogP) is 13.6. The number of thiophene rings is 1. The summed E-state index contributed by atoms with van der Waals surface area (Å²) in [5, 5.41) is 10.2. The van der Waals surface area contributed by atoms with Crippen molar-refractivity contribution in [3.63, 3.8) is 0 Å². The summed E-state index contributed by atoms with van der Waals surface area (Å²) in [6.07, 6.45) is 0. The Morgan fingerprint density at radius 3 is 1.91 bits per heavy atom. The molecule has 0 saturated carbocycles. The molecule has 0 aliphatic heterocycles. The molecule has 0 saturated heterocycles. The molecule has 0 bridgehead atoms. The van der Waals surface area contributed by atoms with Crippen LogP contribution in [0.4, 0.5) is 0 Å². The van der Waals surface area contributed by atoms with Gasteiger partial charge in [0.1, 0.15) is 5.82 Å². The van der Waals surface area contributed by atoms with Crippen LogP contribution in [-0.4, -0.2) is 14.1 Å². The second kappa shape index (κ2) is 10.9. The maximum absolute atomic E-state index is 5.51. The van der Waals surface area contributed by atoms with Gasteiger partial charge in [0.05, 0.1) is 27.8 Å². The van der Waals surface area contributed by atoms with Crippen LogP contribution in [0.1, 0.15) is 0 Å². The number of aromatic nitrogens is 3. The third-order valence-corrected chi connectivity index (χ3v) is 12.4. The zero-order valence-electron chi connectivity index (χ0n) is 28.5. The average molecular weight is 692 g/mol. The van der Waals surface area contributed by atoms with Crippen LogP contribution in [0.25, 0.3) is 108 Å². The third kappa shape index (κ3) is 4.01. The van der Waals surface area contributed by atoms with Crippen molar-refractivity contribution in [3.8, 4) is 33.9 Å². The van der Waals surface area contributed by atoms with Crippen LogP contribution >= 0.6 is 11.3 Å². The first-order valence-corrected chi connectivity index (χ1v) is 18.9. The van der Waals surface area contributed by atoms with Gasteiger partial charge in [-0.1, -0.05) is 133 Å². The summed E-state index contributed by atoms with van der Waals surface area (Å²) in [6, 6.07) is 63.8. The molecule has 0 radical (unpaired) electrons. The SMILES string of the molecule is c1ccc(-c2cccc3c2sc2c(-c4cccc(-n5c6cccc7ccc8c9c%10ccccc%10n(-c%10ccccc%10)c9cc5c8c76)n4)cccc23)cc1. The molecular weight excluding hydrogens is 663 g/mol. The average Bonchev–Trinajstić information content (AvgIpc) is 3.89. The Labute approximate surface area is 308 Å². The first-order chi connectivity index (χ1) is 26.3. The van der Waals surface area contributed by atoms with Gasteiger partial charge in [-0.2, -0.15) is 0 Å². The van der Waals surface area contributed by atoms with Crippen molar-refractivity contribution in [2.75, 3.05) is 0 Å². The third-order valence-electron chi connectivity index (χ3n) is 11.1. The Kier molecular flexibility index (Phi) is 5.93. The number of pyridine rings is 1. The number of fused-ring (bicyclic) bond motifs is 7. The highest BCUT2D eigenvalue weighted by Crippen LogP contribution is 2.46. The monoisotopic (exact) mass is 691 g/mol. The van der Waals surface area contributed by atoms with Gasteiger partial charge in [0, 0.05) is 53.0 Å². The molecule has 8 aromatic carbocycles. The molecule has 4 aromatic heterocycles. The number of para-hydroxylation sites is 2. The smallest absolute Gasteiger partial charge is 0.138 e.